The minimum absolute atomic E-state index is 0.141. The molecule has 0 fully saturated rings. The van der Waals surface area contributed by atoms with Crippen LogP contribution >= 0.6 is 22.9 Å². The molecule has 0 spiro atoms. The van der Waals surface area contributed by atoms with Crippen LogP contribution in [0.1, 0.15) is 11.8 Å². The van der Waals surface area contributed by atoms with Crippen LogP contribution in [0.4, 0.5) is 5.82 Å². The van der Waals surface area contributed by atoms with Crippen molar-refractivity contribution in [2.24, 2.45) is 0 Å². The molecule has 114 valence electrons. The largest absolute Gasteiger partial charge is 0.317 e. The zero-order valence-corrected chi connectivity index (χ0v) is 13.9. The molecule has 8 heteroatoms. The fourth-order valence-corrected chi connectivity index (χ4v) is 4.27. The molecule has 2 aromatic rings. The van der Waals surface area contributed by atoms with Crippen LogP contribution in [0.2, 0.25) is 5.02 Å². The van der Waals surface area contributed by atoms with Gasteiger partial charge in [-0.1, -0.05) is 18.5 Å². The van der Waals surface area contributed by atoms with Crippen LogP contribution in [-0.2, 0) is 16.4 Å². The highest BCUT2D eigenvalue weighted by Gasteiger charge is 2.18. The van der Waals surface area contributed by atoms with Crippen molar-refractivity contribution in [1.82, 2.24) is 10.3 Å². The molecule has 2 heterocycles. The van der Waals surface area contributed by atoms with Gasteiger partial charge in [-0.15, -0.1) is 11.3 Å². The molecule has 0 aromatic carbocycles. The van der Waals surface area contributed by atoms with Crippen molar-refractivity contribution >= 4 is 38.8 Å². The van der Waals surface area contributed by atoms with Gasteiger partial charge in [0.1, 0.15) is 4.21 Å². The number of likely N-dealkylation sites (N-methyl/N-ethyl adjacent to an activating group) is 1. The Hall–Kier alpha value is -1.15. The molecule has 2 N–H and O–H groups in total. The number of halogens is 1. The van der Waals surface area contributed by atoms with Crippen molar-refractivity contribution < 1.29 is 8.42 Å². The summed E-state index contributed by atoms with van der Waals surface area (Å²) in [5.74, 6) is 0.141. The third-order valence-corrected chi connectivity index (χ3v) is 5.97. The first-order chi connectivity index (χ1) is 10.0. The van der Waals surface area contributed by atoms with Gasteiger partial charge >= 0.3 is 0 Å². The fourth-order valence-electron chi connectivity index (χ4n) is 1.66. The highest BCUT2D eigenvalue weighted by molar-refractivity contribution is 7.94. The highest BCUT2D eigenvalue weighted by Crippen LogP contribution is 2.26. The van der Waals surface area contributed by atoms with E-state index < -0.39 is 10.0 Å². The van der Waals surface area contributed by atoms with E-state index in [9.17, 15) is 8.42 Å². The summed E-state index contributed by atoms with van der Waals surface area (Å²) < 4.78 is 27.2. The van der Waals surface area contributed by atoms with Gasteiger partial charge in [0.15, 0.2) is 5.82 Å². The maximum atomic E-state index is 12.3. The second kappa shape index (κ2) is 7.22. The maximum absolute atomic E-state index is 12.3. The number of thiophene rings is 1. The van der Waals surface area contributed by atoms with Gasteiger partial charge < -0.3 is 5.32 Å². The van der Waals surface area contributed by atoms with Crippen molar-refractivity contribution in [2.75, 3.05) is 17.8 Å². The van der Waals surface area contributed by atoms with Gasteiger partial charge in [0.25, 0.3) is 10.0 Å². The van der Waals surface area contributed by atoms with Gasteiger partial charge in [0, 0.05) is 11.1 Å². The van der Waals surface area contributed by atoms with Gasteiger partial charge in [-0.2, -0.15) is 0 Å². The molecule has 5 nitrogen and oxygen atoms in total. The van der Waals surface area contributed by atoms with Crippen LogP contribution in [0.5, 0.6) is 0 Å². The van der Waals surface area contributed by atoms with Gasteiger partial charge in [-0.3, -0.25) is 4.72 Å². The molecule has 0 bridgehead atoms. The number of hydrogen-bond donors (Lipinski definition) is 2. The third kappa shape index (κ3) is 4.41. The minimum atomic E-state index is -3.64. The second-order valence-electron chi connectivity index (χ2n) is 4.26. The number of anilines is 1. The summed E-state index contributed by atoms with van der Waals surface area (Å²) in [5.41, 5.74) is 0. The Kier molecular flexibility index (Phi) is 5.58. The summed E-state index contributed by atoms with van der Waals surface area (Å²) in [4.78, 5) is 4.95. The Morgan fingerprint density at radius 1 is 1.33 bits per heavy atom. The summed E-state index contributed by atoms with van der Waals surface area (Å²) in [6.45, 7) is 3.76. The number of pyridine rings is 1. The number of rotatable bonds is 7. The first-order valence-electron chi connectivity index (χ1n) is 6.45. The van der Waals surface area contributed by atoms with Crippen molar-refractivity contribution in [3.8, 4) is 0 Å². The van der Waals surface area contributed by atoms with Crippen molar-refractivity contribution in [3.63, 3.8) is 0 Å². The van der Waals surface area contributed by atoms with E-state index in [2.05, 4.69) is 15.0 Å². The quantitative estimate of drug-likeness (QED) is 0.757. The molecule has 0 radical (unpaired) electrons. The van der Waals surface area contributed by atoms with E-state index in [-0.39, 0.29) is 15.0 Å². The monoisotopic (exact) mass is 345 g/mol. The van der Waals surface area contributed by atoms with E-state index in [1.807, 2.05) is 13.0 Å². The summed E-state index contributed by atoms with van der Waals surface area (Å²) in [7, 11) is -3.64. The minimum Gasteiger partial charge on any atom is -0.317 e. The first-order valence-corrected chi connectivity index (χ1v) is 9.13. The summed E-state index contributed by atoms with van der Waals surface area (Å²) >= 11 is 7.17. The van der Waals surface area contributed by atoms with E-state index >= 15 is 0 Å². The van der Waals surface area contributed by atoms with Gasteiger partial charge in [0.2, 0.25) is 0 Å². The third-order valence-electron chi connectivity index (χ3n) is 2.69. The van der Waals surface area contributed by atoms with E-state index in [0.717, 1.165) is 24.4 Å². The topological polar surface area (TPSA) is 71.1 Å². The maximum Gasteiger partial charge on any atom is 0.272 e. The Morgan fingerprint density at radius 2 is 2.14 bits per heavy atom. The molecule has 0 amide bonds. The van der Waals surface area contributed by atoms with Crippen LogP contribution < -0.4 is 10.0 Å². The van der Waals surface area contributed by atoms with Crippen molar-refractivity contribution in [2.45, 2.75) is 17.6 Å². The molecule has 0 saturated heterocycles. The first kappa shape index (κ1) is 16.2. The SMILES string of the molecule is CCNCCc1ccc(S(=O)(=O)Nc2ncccc2Cl)s1. The average Bonchev–Trinajstić information content (AvgIpc) is 2.91. The molecular formula is C13H16ClN3O2S2. The molecule has 0 atom stereocenters. The molecule has 0 aliphatic carbocycles. The number of hydrogen-bond acceptors (Lipinski definition) is 5. The average molecular weight is 346 g/mol. The van der Waals surface area contributed by atoms with Crippen LogP contribution in [0.3, 0.4) is 0 Å². The van der Waals surface area contributed by atoms with Gasteiger partial charge in [-0.25, -0.2) is 13.4 Å². The van der Waals surface area contributed by atoms with E-state index in [1.165, 1.54) is 17.5 Å². The summed E-state index contributed by atoms with van der Waals surface area (Å²) in [5, 5.41) is 3.47. The van der Waals surface area contributed by atoms with Crippen LogP contribution in [0, 0.1) is 0 Å². The molecule has 0 unspecified atom stereocenters. The molecule has 2 aromatic heterocycles. The molecule has 21 heavy (non-hydrogen) atoms. The van der Waals surface area contributed by atoms with Crippen molar-refractivity contribution in [3.05, 3.63) is 40.4 Å². The zero-order valence-electron chi connectivity index (χ0n) is 11.5. The second-order valence-corrected chi connectivity index (χ2v) is 7.75. The lowest BCUT2D eigenvalue weighted by Gasteiger charge is -2.06. The molecule has 0 aliphatic rings. The van der Waals surface area contributed by atoms with Crippen LogP contribution in [0.15, 0.2) is 34.7 Å². The smallest absolute Gasteiger partial charge is 0.272 e. The Balaban J connectivity index is 2.11. The predicted octanol–water partition coefficient (Wildman–Crippen LogP) is 2.75. The zero-order chi connectivity index (χ0) is 15.3. The standard InChI is InChI=1S/C13H16ClN3O2S2/c1-2-15-9-7-10-5-6-12(20-10)21(18,19)17-13-11(14)4-3-8-16-13/h3-6,8,15H,2,7,9H2,1H3,(H,16,17). The Labute approximate surface area is 133 Å². The summed E-state index contributed by atoms with van der Waals surface area (Å²) in [6, 6.07) is 6.66. The van der Waals surface area contributed by atoms with Crippen molar-refractivity contribution in [1.29, 1.82) is 0 Å². The highest BCUT2D eigenvalue weighted by atomic mass is 35.5. The number of aromatic nitrogens is 1. The summed E-state index contributed by atoms with van der Waals surface area (Å²) in [6.07, 6.45) is 2.29. The number of nitrogens with one attached hydrogen (secondary N) is 2. The lowest BCUT2D eigenvalue weighted by Crippen LogP contribution is -2.15. The van der Waals surface area contributed by atoms with Gasteiger partial charge in [0.05, 0.1) is 5.02 Å². The van der Waals surface area contributed by atoms with E-state index in [0.29, 0.717) is 0 Å². The molecule has 2 rings (SSSR count). The fraction of sp³-hybridized carbons (Fsp3) is 0.308. The lowest BCUT2D eigenvalue weighted by atomic mass is 10.3. The molecular weight excluding hydrogens is 330 g/mol. The van der Waals surface area contributed by atoms with E-state index in [4.69, 9.17) is 11.6 Å². The molecule has 0 aliphatic heterocycles. The molecule has 0 saturated carbocycles. The van der Waals surface area contributed by atoms with Crippen LogP contribution in [0.25, 0.3) is 0 Å². The predicted molar refractivity (Wildman–Crippen MR) is 86.6 cm³/mol. The van der Waals surface area contributed by atoms with Gasteiger partial charge in [-0.05, 0) is 43.8 Å². The Morgan fingerprint density at radius 3 is 2.86 bits per heavy atom. The number of nitrogens with zero attached hydrogens (tertiary/aromatic N) is 1. The Bertz CT molecular complexity index is 701. The normalized spacial score (nSPS) is 11.5. The number of sulfonamides is 1. The van der Waals surface area contributed by atoms with Crippen LogP contribution in [-0.4, -0.2) is 26.5 Å². The lowest BCUT2D eigenvalue weighted by molar-refractivity contribution is 0.603. The van der Waals surface area contributed by atoms with E-state index in [1.54, 1.807) is 18.2 Å².